The summed E-state index contributed by atoms with van der Waals surface area (Å²) in [5, 5.41) is 12.3. The Morgan fingerprint density at radius 2 is 2.04 bits per heavy atom. The van der Waals surface area contributed by atoms with Gasteiger partial charge >= 0.3 is 6.03 Å². The zero-order valence-electron chi connectivity index (χ0n) is 14.9. The van der Waals surface area contributed by atoms with E-state index in [1.165, 1.54) is 16.3 Å². The Labute approximate surface area is 159 Å². The van der Waals surface area contributed by atoms with E-state index in [4.69, 9.17) is 4.74 Å². The fourth-order valence-electron chi connectivity index (χ4n) is 3.08. The van der Waals surface area contributed by atoms with Crippen LogP contribution < -0.4 is 15.5 Å². The highest BCUT2D eigenvalue weighted by Crippen LogP contribution is 2.44. The van der Waals surface area contributed by atoms with Crippen molar-refractivity contribution < 1.29 is 14.3 Å². The lowest BCUT2D eigenvalue weighted by molar-refractivity contribution is 0.104. The van der Waals surface area contributed by atoms with E-state index < -0.39 is 6.03 Å². The van der Waals surface area contributed by atoms with Crippen molar-refractivity contribution in [3.8, 4) is 26.9 Å². The van der Waals surface area contributed by atoms with E-state index in [2.05, 4.69) is 20.9 Å². The van der Waals surface area contributed by atoms with Crippen molar-refractivity contribution in [2.24, 2.45) is 0 Å². The number of hydrogen-bond donors (Lipinski definition) is 3. The Morgan fingerprint density at radius 1 is 1.22 bits per heavy atom. The summed E-state index contributed by atoms with van der Waals surface area (Å²) in [4.78, 5) is 26.1. The number of urea groups is 1. The summed E-state index contributed by atoms with van der Waals surface area (Å²) < 4.78 is 5.24. The number of benzene rings is 1. The van der Waals surface area contributed by atoms with Crippen LogP contribution in [-0.2, 0) is 0 Å². The van der Waals surface area contributed by atoms with Crippen LogP contribution in [0, 0.1) is 0 Å². The fourth-order valence-corrected chi connectivity index (χ4v) is 3.90. The number of ketones is 1. The van der Waals surface area contributed by atoms with Crippen molar-refractivity contribution in [1.29, 1.82) is 0 Å². The molecule has 27 heavy (non-hydrogen) atoms. The minimum atomic E-state index is -0.421. The molecule has 0 atom stereocenters. The molecule has 0 fully saturated rings. The molecule has 0 spiro atoms. The number of fused-ring (bicyclic) bond motifs is 3. The second-order valence-corrected chi connectivity index (χ2v) is 7.21. The lowest BCUT2D eigenvalue weighted by Crippen LogP contribution is -2.39. The number of methoxy groups -OCH3 is 1. The predicted molar refractivity (Wildman–Crippen MR) is 103 cm³/mol. The van der Waals surface area contributed by atoms with Gasteiger partial charge in [-0.15, -0.1) is 0 Å². The maximum atomic E-state index is 13.2. The van der Waals surface area contributed by atoms with Crippen molar-refractivity contribution in [3.63, 3.8) is 0 Å². The predicted octanol–water partition coefficient (Wildman–Crippen LogP) is 2.96. The highest BCUT2D eigenvalue weighted by atomic mass is 32.1. The number of carbonyl (C=O) groups is 2. The molecule has 0 saturated heterocycles. The topological polar surface area (TPSA) is 99.3 Å². The van der Waals surface area contributed by atoms with Crippen LogP contribution in [0.5, 0.6) is 5.06 Å². The second-order valence-electron chi connectivity index (χ2n) is 6.16. The number of hydrazine groups is 1. The molecule has 2 aromatic heterocycles. The van der Waals surface area contributed by atoms with Gasteiger partial charge in [0.15, 0.2) is 10.8 Å². The second kappa shape index (κ2) is 6.53. The number of anilines is 1. The van der Waals surface area contributed by atoms with E-state index in [0.29, 0.717) is 33.8 Å². The lowest BCUT2D eigenvalue weighted by atomic mass is 10.1. The van der Waals surface area contributed by atoms with Gasteiger partial charge in [0.2, 0.25) is 0 Å². The van der Waals surface area contributed by atoms with Gasteiger partial charge in [-0.05, 0) is 18.2 Å². The number of aromatic amines is 1. The molecule has 1 aliphatic carbocycles. The molecule has 2 amide bonds. The smallest absolute Gasteiger partial charge is 0.333 e. The van der Waals surface area contributed by atoms with Gasteiger partial charge in [0.05, 0.1) is 34.5 Å². The number of rotatable bonds is 4. The number of nitrogens with one attached hydrogen (secondary N) is 3. The number of thiophene rings is 1. The van der Waals surface area contributed by atoms with Crippen LogP contribution in [0.2, 0.25) is 0 Å². The zero-order valence-corrected chi connectivity index (χ0v) is 15.7. The van der Waals surface area contributed by atoms with Gasteiger partial charge in [-0.2, -0.15) is 5.10 Å². The molecule has 9 heteroatoms. The Hall–Kier alpha value is -3.17. The monoisotopic (exact) mass is 383 g/mol. The number of amides is 2. The Bertz CT molecular complexity index is 1050. The third-order valence-corrected chi connectivity index (χ3v) is 5.21. The van der Waals surface area contributed by atoms with Crippen molar-refractivity contribution in [3.05, 3.63) is 41.5 Å². The maximum absolute atomic E-state index is 13.2. The van der Waals surface area contributed by atoms with Gasteiger partial charge in [-0.3, -0.25) is 15.3 Å². The van der Waals surface area contributed by atoms with Gasteiger partial charge < -0.3 is 10.1 Å². The average Bonchev–Trinajstić information content (AvgIpc) is 3.31. The first-order valence-corrected chi connectivity index (χ1v) is 8.97. The molecule has 3 N–H and O–H groups in total. The molecule has 0 aliphatic heterocycles. The quantitative estimate of drug-likeness (QED) is 0.471. The molecule has 3 aromatic rings. The first-order chi connectivity index (χ1) is 13.0. The van der Waals surface area contributed by atoms with E-state index in [1.807, 2.05) is 18.2 Å². The highest BCUT2D eigenvalue weighted by Gasteiger charge is 2.35. The fraction of sp³-hybridized carbons (Fsp3) is 0.167. The molecular formula is C18H17N5O3S. The minimum absolute atomic E-state index is 0.170. The van der Waals surface area contributed by atoms with E-state index in [-0.39, 0.29) is 5.78 Å². The number of nitrogens with zero attached hydrogens (tertiary/aromatic N) is 2. The van der Waals surface area contributed by atoms with Crippen LogP contribution in [-0.4, -0.2) is 48.2 Å². The highest BCUT2D eigenvalue weighted by molar-refractivity contribution is 7.17. The molecule has 4 rings (SSSR count). The van der Waals surface area contributed by atoms with Gasteiger partial charge in [0.25, 0.3) is 0 Å². The molecule has 8 nitrogen and oxygen atoms in total. The van der Waals surface area contributed by atoms with E-state index in [9.17, 15) is 9.59 Å². The van der Waals surface area contributed by atoms with E-state index >= 15 is 0 Å². The standard InChI is InChI=1S/C18H17N5O3S/c1-23(2)22-18(25)19-10-6-4-5-9-13(10)17(24)14-15(9)20-21-16(14)11-7-8-12(26-3)27-11/h4-8H,1-3H3,(H,20,21)(H2,19,22,25). The Kier molecular flexibility index (Phi) is 4.17. The maximum Gasteiger partial charge on any atom is 0.333 e. The molecular weight excluding hydrogens is 366 g/mol. The largest absolute Gasteiger partial charge is 0.487 e. The molecule has 1 aromatic carbocycles. The Balaban J connectivity index is 1.74. The molecule has 0 radical (unpaired) electrons. The molecule has 0 bridgehead atoms. The number of H-pyrrole nitrogens is 1. The normalized spacial score (nSPS) is 12.1. The zero-order chi connectivity index (χ0) is 19.1. The van der Waals surface area contributed by atoms with Gasteiger partial charge in [0, 0.05) is 19.7 Å². The summed E-state index contributed by atoms with van der Waals surface area (Å²) in [5.41, 5.74) is 5.95. The van der Waals surface area contributed by atoms with Crippen molar-refractivity contribution in [1.82, 2.24) is 20.6 Å². The molecule has 0 unspecified atom stereocenters. The summed E-state index contributed by atoms with van der Waals surface area (Å²) >= 11 is 1.43. The first-order valence-electron chi connectivity index (χ1n) is 8.15. The van der Waals surface area contributed by atoms with E-state index in [1.54, 1.807) is 33.3 Å². The Morgan fingerprint density at radius 3 is 2.74 bits per heavy atom. The van der Waals surface area contributed by atoms with Crippen LogP contribution in [0.15, 0.2) is 30.3 Å². The third kappa shape index (κ3) is 2.86. The summed E-state index contributed by atoms with van der Waals surface area (Å²) in [5.74, 6) is -0.170. The van der Waals surface area contributed by atoms with Crippen molar-refractivity contribution in [2.75, 3.05) is 26.5 Å². The van der Waals surface area contributed by atoms with Crippen LogP contribution >= 0.6 is 11.3 Å². The number of carbonyl (C=O) groups excluding carboxylic acids is 2. The number of aromatic nitrogens is 2. The summed E-state index contributed by atoms with van der Waals surface area (Å²) in [6.45, 7) is 0. The van der Waals surface area contributed by atoms with Gasteiger partial charge in [-0.1, -0.05) is 23.5 Å². The molecule has 2 heterocycles. The number of ether oxygens (including phenoxy) is 1. The van der Waals surface area contributed by atoms with Crippen LogP contribution in [0.1, 0.15) is 15.9 Å². The van der Waals surface area contributed by atoms with E-state index in [0.717, 1.165) is 9.94 Å². The average molecular weight is 383 g/mol. The van der Waals surface area contributed by atoms with Gasteiger partial charge in [0.1, 0.15) is 5.69 Å². The van der Waals surface area contributed by atoms with Crippen molar-refractivity contribution in [2.45, 2.75) is 0 Å². The van der Waals surface area contributed by atoms with Gasteiger partial charge in [-0.25, -0.2) is 9.80 Å². The third-order valence-electron chi connectivity index (χ3n) is 4.14. The van der Waals surface area contributed by atoms with Crippen LogP contribution in [0.3, 0.4) is 0 Å². The summed E-state index contributed by atoms with van der Waals surface area (Å²) in [7, 11) is 5.01. The molecule has 1 aliphatic rings. The first kappa shape index (κ1) is 17.3. The minimum Gasteiger partial charge on any atom is -0.487 e. The summed E-state index contributed by atoms with van der Waals surface area (Å²) in [6.07, 6.45) is 0. The number of hydrogen-bond acceptors (Lipinski definition) is 6. The van der Waals surface area contributed by atoms with Crippen molar-refractivity contribution >= 4 is 28.8 Å². The van der Waals surface area contributed by atoms with Crippen LogP contribution in [0.4, 0.5) is 10.5 Å². The lowest BCUT2D eigenvalue weighted by Gasteiger charge is -2.14. The SMILES string of the molecule is COc1ccc(-c2[nH]nc3c2C(=O)c2c(NC(=O)NN(C)C)cccc2-3)s1. The molecule has 138 valence electrons. The van der Waals surface area contributed by atoms with Crippen LogP contribution in [0.25, 0.3) is 21.8 Å². The summed E-state index contributed by atoms with van der Waals surface area (Å²) in [6, 6.07) is 8.63. The molecule has 0 saturated carbocycles.